The zero-order valence-corrected chi connectivity index (χ0v) is 14.4. The van der Waals surface area contributed by atoms with Crippen molar-refractivity contribution in [2.24, 2.45) is 5.92 Å². The van der Waals surface area contributed by atoms with E-state index in [0.717, 1.165) is 30.5 Å². The largest absolute Gasteiger partial charge is 0.444 e. The molecule has 0 bridgehead atoms. The van der Waals surface area contributed by atoms with Gasteiger partial charge in [0.2, 0.25) is 0 Å². The van der Waals surface area contributed by atoms with Gasteiger partial charge < -0.3 is 14.2 Å². The fraction of sp³-hybridized carbons (Fsp3) is 0.562. The normalized spacial score (nSPS) is 18.6. The third-order valence-corrected chi connectivity index (χ3v) is 4.20. The van der Waals surface area contributed by atoms with E-state index in [1.165, 1.54) is 6.33 Å². The maximum atomic E-state index is 12.1. The number of hydrogen-bond donors (Lipinski definition) is 0. The number of halogens is 1. The van der Waals surface area contributed by atoms with E-state index in [1.54, 1.807) is 4.90 Å². The molecule has 1 aliphatic heterocycles. The Morgan fingerprint density at radius 2 is 2.22 bits per heavy atom. The Bertz CT molecular complexity index is 722. The first-order valence-corrected chi connectivity index (χ1v) is 8.14. The lowest BCUT2D eigenvalue weighted by Crippen LogP contribution is -2.35. The van der Waals surface area contributed by atoms with Crippen molar-refractivity contribution in [2.75, 3.05) is 13.1 Å². The van der Waals surface area contributed by atoms with Crippen LogP contribution in [0.5, 0.6) is 0 Å². The standard InChI is InChI=1S/C16H21ClN4O2/c1-16(2,3)23-15(22)21-6-4-11(9-21)8-20-7-5-12-13(17)18-10-19-14(12)20/h5,7,10-11H,4,6,8-9H2,1-3H3/t11-/m1/s1. The summed E-state index contributed by atoms with van der Waals surface area (Å²) in [5, 5.41) is 1.33. The number of rotatable bonds is 2. The Morgan fingerprint density at radius 3 is 2.96 bits per heavy atom. The highest BCUT2D eigenvalue weighted by Crippen LogP contribution is 2.25. The Kier molecular flexibility index (Phi) is 4.19. The molecular weight excluding hydrogens is 316 g/mol. The highest BCUT2D eigenvalue weighted by atomic mass is 35.5. The SMILES string of the molecule is CC(C)(C)OC(=O)N1CC[C@H](Cn2ccc3c(Cl)ncnc32)C1. The van der Waals surface area contributed by atoms with Crippen molar-refractivity contribution in [1.29, 1.82) is 0 Å². The van der Waals surface area contributed by atoms with Gasteiger partial charge in [0.05, 0.1) is 5.39 Å². The zero-order valence-electron chi connectivity index (χ0n) is 13.6. The van der Waals surface area contributed by atoms with Crippen molar-refractivity contribution >= 4 is 28.7 Å². The number of carbonyl (C=O) groups excluding carboxylic acids is 1. The quantitative estimate of drug-likeness (QED) is 0.789. The van der Waals surface area contributed by atoms with Crippen LogP contribution < -0.4 is 0 Å². The molecule has 0 spiro atoms. The average Bonchev–Trinajstić information content (AvgIpc) is 3.06. The second-order valence-corrected chi connectivity index (χ2v) is 7.31. The molecule has 0 saturated carbocycles. The Labute approximate surface area is 140 Å². The number of likely N-dealkylation sites (tertiary alicyclic amines) is 1. The molecule has 1 atom stereocenters. The number of fused-ring (bicyclic) bond motifs is 1. The summed E-state index contributed by atoms with van der Waals surface area (Å²) in [6, 6.07) is 1.93. The summed E-state index contributed by atoms with van der Waals surface area (Å²) in [5.41, 5.74) is 0.375. The van der Waals surface area contributed by atoms with Gasteiger partial charge in [-0.15, -0.1) is 0 Å². The van der Waals surface area contributed by atoms with Crippen LogP contribution in [0.25, 0.3) is 11.0 Å². The van der Waals surface area contributed by atoms with Crippen LogP contribution in [0.15, 0.2) is 18.6 Å². The monoisotopic (exact) mass is 336 g/mol. The molecular formula is C16H21ClN4O2. The van der Waals surface area contributed by atoms with E-state index >= 15 is 0 Å². The van der Waals surface area contributed by atoms with Crippen LogP contribution in [0, 0.1) is 5.92 Å². The van der Waals surface area contributed by atoms with Gasteiger partial charge in [0.25, 0.3) is 0 Å². The second-order valence-electron chi connectivity index (χ2n) is 6.95. The van der Waals surface area contributed by atoms with Gasteiger partial charge in [-0.05, 0) is 39.2 Å². The molecule has 3 rings (SSSR count). The molecule has 0 unspecified atom stereocenters. The molecule has 0 aliphatic carbocycles. The average molecular weight is 337 g/mol. The molecule has 0 radical (unpaired) electrons. The first-order valence-electron chi connectivity index (χ1n) is 7.77. The summed E-state index contributed by atoms with van der Waals surface area (Å²) in [4.78, 5) is 22.2. The molecule has 0 aromatic carbocycles. The van der Waals surface area contributed by atoms with E-state index in [2.05, 4.69) is 14.5 Å². The van der Waals surface area contributed by atoms with Crippen molar-refractivity contribution in [1.82, 2.24) is 19.4 Å². The third-order valence-electron chi connectivity index (χ3n) is 3.90. The summed E-state index contributed by atoms with van der Waals surface area (Å²) < 4.78 is 7.51. The molecule has 124 valence electrons. The summed E-state index contributed by atoms with van der Waals surface area (Å²) in [6.45, 7) is 7.88. The number of carbonyl (C=O) groups is 1. The van der Waals surface area contributed by atoms with Crippen LogP contribution in [-0.2, 0) is 11.3 Å². The van der Waals surface area contributed by atoms with Crippen LogP contribution >= 0.6 is 11.6 Å². The summed E-state index contributed by atoms with van der Waals surface area (Å²) in [6.07, 6.45) is 4.17. The minimum absolute atomic E-state index is 0.234. The van der Waals surface area contributed by atoms with E-state index in [4.69, 9.17) is 16.3 Å². The fourth-order valence-corrected chi connectivity index (χ4v) is 3.06. The van der Waals surface area contributed by atoms with Gasteiger partial charge in [-0.3, -0.25) is 0 Å². The molecule has 0 N–H and O–H groups in total. The number of amides is 1. The van der Waals surface area contributed by atoms with Crippen molar-refractivity contribution in [3.8, 4) is 0 Å². The zero-order chi connectivity index (χ0) is 16.6. The predicted octanol–water partition coefficient (Wildman–Crippen LogP) is 3.34. The first kappa shape index (κ1) is 16.1. The summed E-state index contributed by atoms with van der Waals surface area (Å²) in [5.74, 6) is 0.381. The van der Waals surface area contributed by atoms with Gasteiger partial charge >= 0.3 is 6.09 Å². The number of nitrogens with zero attached hydrogens (tertiary/aromatic N) is 4. The molecule has 1 amide bonds. The smallest absolute Gasteiger partial charge is 0.410 e. The van der Waals surface area contributed by atoms with E-state index < -0.39 is 5.60 Å². The Balaban J connectivity index is 1.66. The number of hydrogen-bond acceptors (Lipinski definition) is 4. The van der Waals surface area contributed by atoms with Crippen LogP contribution in [0.3, 0.4) is 0 Å². The van der Waals surface area contributed by atoms with Gasteiger partial charge in [0.1, 0.15) is 22.7 Å². The first-order chi connectivity index (χ1) is 10.8. The van der Waals surface area contributed by atoms with Crippen LogP contribution in [0.2, 0.25) is 5.15 Å². The highest BCUT2D eigenvalue weighted by molar-refractivity contribution is 6.33. The van der Waals surface area contributed by atoms with Crippen molar-refractivity contribution < 1.29 is 9.53 Å². The van der Waals surface area contributed by atoms with Crippen LogP contribution in [0.4, 0.5) is 4.79 Å². The molecule has 23 heavy (non-hydrogen) atoms. The minimum atomic E-state index is -0.459. The Morgan fingerprint density at radius 1 is 1.43 bits per heavy atom. The molecule has 7 heteroatoms. The molecule has 6 nitrogen and oxygen atoms in total. The van der Waals surface area contributed by atoms with Gasteiger partial charge in [-0.1, -0.05) is 11.6 Å². The number of aromatic nitrogens is 3. The van der Waals surface area contributed by atoms with Gasteiger partial charge in [-0.2, -0.15) is 0 Å². The minimum Gasteiger partial charge on any atom is -0.444 e. The lowest BCUT2D eigenvalue weighted by molar-refractivity contribution is 0.0287. The maximum absolute atomic E-state index is 12.1. The van der Waals surface area contributed by atoms with Crippen molar-refractivity contribution in [3.05, 3.63) is 23.7 Å². The van der Waals surface area contributed by atoms with E-state index in [9.17, 15) is 4.79 Å². The lowest BCUT2D eigenvalue weighted by Gasteiger charge is -2.24. The maximum Gasteiger partial charge on any atom is 0.410 e. The van der Waals surface area contributed by atoms with E-state index in [-0.39, 0.29) is 6.09 Å². The van der Waals surface area contributed by atoms with Crippen molar-refractivity contribution in [2.45, 2.75) is 39.3 Å². The van der Waals surface area contributed by atoms with Gasteiger partial charge in [-0.25, -0.2) is 14.8 Å². The van der Waals surface area contributed by atoms with E-state index in [1.807, 2.05) is 33.0 Å². The van der Waals surface area contributed by atoms with Crippen molar-refractivity contribution in [3.63, 3.8) is 0 Å². The fourth-order valence-electron chi connectivity index (χ4n) is 2.87. The van der Waals surface area contributed by atoms with E-state index in [0.29, 0.717) is 17.6 Å². The molecule has 2 aromatic heterocycles. The van der Waals surface area contributed by atoms with Crippen LogP contribution in [-0.4, -0.2) is 44.2 Å². The number of ether oxygens (including phenoxy) is 1. The molecule has 2 aromatic rings. The second kappa shape index (κ2) is 6.00. The topological polar surface area (TPSA) is 60.2 Å². The predicted molar refractivity (Wildman–Crippen MR) is 88.5 cm³/mol. The summed E-state index contributed by atoms with van der Waals surface area (Å²) in [7, 11) is 0. The highest BCUT2D eigenvalue weighted by Gasteiger charge is 2.30. The van der Waals surface area contributed by atoms with Gasteiger partial charge in [0.15, 0.2) is 0 Å². The summed E-state index contributed by atoms with van der Waals surface area (Å²) >= 11 is 6.08. The molecule has 1 fully saturated rings. The Hall–Kier alpha value is -1.82. The molecule has 3 heterocycles. The lowest BCUT2D eigenvalue weighted by atomic mass is 10.1. The molecule has 1 aliphatic rings. The van der Waals surface area contributed by atoms with Crippen LogP contribution in [0.1, 0.15) is 27.2 Å². The van der Waals surface area contributed by atoms with Gasteiger partial charge in [0, 0.05) is 25.8 Å². The molecule has 1 saturated heterocycles. The third kappa shape index (κ3) is 3.58.